The Morgan fingerprint density at radius 1 is 1.12 bits per heavy atom. The zero-order valence-corrected chi connectivity index (χ0v) is 11.1. The van der Waals surface area contributed by atoms with Crippen LogP contribution in [0.2, 0.25) is 0 Å². The van der Waals surface area contributed by atoms with Crippen molar-refractivity contribution in [2.45, 2.75) is 36.6 Å². The second-order valence-electron chi connectivity index (χ2n) is 4.36. The highest BCUT2D eigenvalue weighted by atomic mass is 35.7. The summed E-state index contributed by atoms with van der Waals surface area (Å²) in [6.45, 7) is 1.03. The average molecular weight is 274 g/mol. The van der Waals surface area contributed by atoms with Crippen LogP contribution in [0.5, 0.6) is 0 Å². The van der Waals surface area contributed by atoms with E-state index in [0.717, 1.165) is 18.5 Å². The largest absolute Gasteiger partial charge is 0.310 e. The molecule has 1 unspecified atom stereocenters. The number of hydrogen-bond acceptors (Lipinski definition) is 3. The van der Waals surface area contributed by atoms with Gasteiger partial charge in [-0.15, -0.1) is 0 Å². The van der Waals surface area contributed by atoms with Gasteiger partial charge in [0.15, 0.2) is 0 Å². The fourth-order valence-electron chi connectivity index (χ4n) is 2.18. The minimum Gasteiger partial charge on any atom is -0.310 e. The molecule has 0 amide bonds. The monoisotopic (exact) mass is 273 g/mol. The van der Waals surface area contributed by atoms with E-state index in [1.807, 2.05) is 12.1 Å². The molecule has 0 aromatic heterocycles. The van der Waals surface area contributed by atoms with Crippen LogP contribution in [0.3, 0.4) is 0 Å². The van der Waals surface area contributed by atoms with Crippen molar-refractivity contribution in [3.05, 3.63) is 29.8 Å². The van der Waals surface area contributed by atoms with E-state index in [0.29, 0.717) is 6.04 Å². The normalized spacial score (nSPS) is 22.1. The highest BCUT2D eigenvalue weighted by molar-refractivity contribution is 8.13. The van der Waals surface area contributed by atoms with Crippen LogP contribution in [0, 0.1) is 0 Å². The summed E-state index contributed by atoms with van der Waals surface area (Å²) in [5, 5.41) is 3.47. The van der Waals surface area contributed by atoms with Crippen LogP contribution in [0.1, 0.15) is 37.3 Å². The van der Waals surface area contributed by atoms with Crippen LogP contribution in [0.15, 0.2) is 29.2 Å². The zero-order chi connectivity index (χ0) is 12.3. The summed E-state index contributed by atoms with van der Waals surface area (Å²) in [6, 6.07) is 7.18. The first-order valence-electron chi connectivity index (χ1n) is 5.85. The van der Waals surface area contributed by atoms with Gasteiger partial charge in [0.1, 0.15) is 0 Å². The van der Waals surface area contributed by atoms with Crippen LogP contribution in [-0.2, 0) is 9.05 Å². The topological polar surface area (TPSA) is 46.2 Å². The van der Waals surface area contributed by atoms with Gasteiger partial charge in [-0.25, -0.2) is 8.42 Å². The van der Waals surface area contributed by atoms with E-state index >= 15 is 0 Å². The molecule has 1 aliphatic heterocycles. The lowest BCUT2D eigenvalue weighted by molar-refractivity contribution is 0.534. The smallest absolute Gasteiger partial charge is 0.261 e. The molecule has 1 aromatic carbocycles. The first-order chi connectivity index (χ1) is 8.07. The molecule has 1 N–H and O–H groups in total. The Kier molecular flexibility index (Phi) is 4.07. The summed E-state index contributed by atoms with van der Waals surface area (Å²) >= 11 is 0. The van der Waals surface area contributed by atoms with Crippen LogP contribution < -0.4 is 5.32 Å². The summed E-state index contributed by atoms with van der Waals surface area (Å²) in [7, 11) is 1.67. The molecular weight excluding hydrogens is 258 g/mol. The van der Waals surface area contributed by atoms with Gasteiger partial charge < -0.3 is 5.32 Å². The van der Waals surface area contributed by atoms with Crippen LogP contribution in [-0.4, -0.2) is 15.0 Å². The van der Waals surface area contributed by atoms with Crippen molar-refractivity contribution in [1.29, 1.82) is 0 Å². The molecule has 0 saturated carbocycles. The van der Waals surface area contributed by atoms with Gasteiger partial charge in [0.2, 0.25) is 0 Å². The summed E-state index contributed by atoms with van der Waals surface area (Å²) in [5.41, 5.74) is 1.14. The Labute approximate surface area is 107 Å². The van der Waals surface area contributed by atoms with Gasteiger partial charge in [-0.1, -0.05) is 25.0 Å². The van der Waals surface area contributed by atoms with E-state index < -0.39 is 9.05 Å². The lowest BCUT2D eigenvalue weighted by Gasteiger charge is -2.16. The van der Waals surface area contributed by atoms with Crippen molar-refractivity contribution in [2.24, 2.45) is 0 Å². The van der Waals surface area contributed by atoms with Gasteiger partial charge in [-0.3, -0.25) is 0 Å². The van der Waals surface area contributed by atoms with Crippen molar-refractivity contribution in [3.63, 3.8) is 0 Å². The third-order valence-electron chi connectivity index (χ3n) is 3.12. The van der Waals surface area contributed by atoms with Crippen LogP contribution in [0.25, 0.3) is 0 Å². The molecule has 17 heavy (non-hydrogen) atoms. The molecule has 1 saturated heterocycles. The molecule has 1 fully saturated rings. The average Bonchev–Trinajstić information content (AvgIpc) is 2.56. The Balaban J connectivity index is 2.17. The third-order valence-corrected chi connectivity index (χ3v) is 4.49. The van der Waals surface area contributed by atoms with E-state index in [2.05, 4.69) is 5.32 Å². The van der Waals surface area contributed by atoms with Crippen molar-refractivity contribution in [3.8, 4) is 0 Å². The molecule has 1 atom stereocenters. The van der Waals surface area contributed by atoms with Gasteiger partial charge >= 0.3 is 0 Å². The Hall–Kier alpha value is -0.580. The first-order valence-corrected chi connectivity index (χ1v) is 8.16. The quantitative estimate of drug-likeness (QED) is 0.843. The van der Waals surface area contributed by atoms with E-state index in [4.69, 9.17) is 10.7 Å². The van der Waals surface area contributed by atoms with Crippen molar-refractivity contribution in [1.82, 2.24) is 5.32 Å². The number of nitrogens with one attached hydrogen (secondary N) is 1. The van der Waals surface area contributed by atoms with Gasteiger partial charge in [0, 0.05) is 16.7 Å². The van der Waals surface area contributed by atoms with Crippen molar-refractivity contribution >= 4 is 19.7 Å². The fraction of sp³-hybridized carbons (Fsp3) is 0.500. The number of halogens is 1. The van der Waals surface area contributed by atoms with E-state index in [9.17, 15) is 8.42 Å². The Bertz CT molecular complexity index is 462. The number of benzene rings is 1. The lowest BCUT2D eigenvalue weighted by atomic mass is 10.0. The number of rotatable bonds is 2. The second kappa shape index (κ2) is 5.38. The molecule has 0 bridgehead atoms. The minimum absolute atomic E-state index is 0.163. The van der Waals surface area contributed by atoms with Crippen LogP contribution >= 0.6 is 10.7 Å². The molecule has 1 heterocycles. The highest BCUT2D eigenvalue weighted by Crippen LogP contribution is 2.24. The van der Waals surface area contributed by atoms with E-state index in [1.165, 1.54) is 19.3 Å². The lowest BCUT2D eigenvalue weighted by Crippen LogP contribution is -2.20. The standard InChI is InChI=1S/C12H16ClNO2S/c13-17(15,16)11-7-5-10(6-8-11)12-4-2-1-3-9-14-12/h5-8,12,14H,1-4,9H2. The molecule has 5 heteroatoms. The maximum atomic E-state index is 11.1. The summed E-state index contributed by atoms with van der Waals surface area (Å²) < 4.78 is 22.3. The molecule has 3 nitrogen and oxygen atoms in total. The molecular formula is C12H16ClNO2S. The number of hydrogen-bond donors (Lipinski definition) is 1. The third kappa shape index (κ3) is 3.44. The summed E-state index contributed by atoms with van der Waals surface area (Å²) in [6.07, 6.45) is 4.79. The van der Waals surface area contributed by atoms with Gasteiger partial charge in [-0.05, 0) is 37.1 Å². The summed E-state index contributed by atoms with van der Waals surface area (Å²) in [5.74, 6) is 0. The molecule has 0 radical (unpaired) electrons. The zero-order valence-electron chi connectivity index (χ0n) is 9.52. The van der Waals surface area contributed by atoms with Gasteiger partial charge in [-0.2, -0.15) is 0 Å². The highest BCUT2D eigenvalue weighted by Gasteiger charge is 2.15. The maximum absolute atomic E-state index is 11.1. The summed E-state index contributed by atoms with van der Waals surface area (Å²) in [4.78, 5) is 0.163. The molecule has 2 rings (SSSR count). The van der Waals surface area contributed by atoms with Gasteiger partial charge in [0.05, 0.1) is 4.90 Å². The molecule has 0 aliphatic carbocycles. The fourth-order valence-corrected chi connectivity index (χ4v) is 2.95. The molecule has 1 aliphatic rings. The Morgan fingerprint density at radius 3 is 2.47 bits per heavy atom. The van der Waals surface area contributed by atoms with Crippen LogP contribution in [0.4, 0.5) is 0 Å². The molecule has 1 aromatic rings. The minimum atomic E-state index is -3.61. The SMILES string of the molecule is O=S(=O)(Cl)c1ccc(C2CCCCCN2)cc1. The Morgan fingerprint density at radius 2 is 1.82 bits per heavy atom. The van der Waals surface area contributed by atoms with Crippen molar-refractivity contribution in [2.75, 3.05) is 6.54 Å². The molecule has 94 valence electrons. The van der Waals surface area contributed by atoms with Crippen molar-refractivity contribution < 1.29 is 8.42 Å². The first kappa shape index (κ1) is 12.9. The van der Waals surface area contributed by atoms with E-state index in [-0.39, 0.29) is 4.90 Å². The molecule has 0 spiro atoms. The van der Waals surface area contributed by atoms with Gasteiger partial charge in [0.25, 0.3) is 9.05 Å². The van der Waals surface area contributed by atoms with E-state index in [1.54, 1.807) is 12.1 Å². The second-order valence-corrected chi connectivity index (χ2v) is 6.93. The maximum Gasteiger partial charge on any atom is 0.261 e. The predicted octanol–water partition coefficient (Wildman–Crippen LogP) is 2.82. The predicted molar refractivity (Wildman–Crippen MR) is 68.7 cm³/mol.